The minimum absolute atomic E-state index is 0.302. The second kappa shape index (κ2) is 6.15. The number of aryl methyl sites for hydroxylation is 1. The lowest BCUT2D eigenvalue weighted by Gasteiger charge is -2.24. The molecule has 4 rings (SSSR count). The van der Waals surface area contributed by atoms with Crippen LogP contribution < -0.4 is 10.5 Å². The molecule has 5 heteroatoms. The number of nitrogen functional groups attached to an aromatic ring is 1. The Morgan fingerprint density at radius 2 is 2.00 bits per heavy atom. The summed E-state index contributed by atoms with van der Waals surface area (Å²) in [7, 11) is 0. The first-order chi connectivity index (χ1) is 11.7. The Bertz CT molecular complexity index is 865. The molecule has 0 aromatic carbocycles. The van der Waals surface area contributed by atoms with E-state index >= 15 is 0 Å². The molecule has 1 fully saturated rings. The Labute approximate surface area is 141 Å². The maximum absolute atomic E-state index is 6.30. The van der Waals surface area contributed by atoms with Crippen molar-refractivity contribution < 1.29 is 4.74 Å². The van der Waals surface area contributed by atoms with E-state index in [4.69, 9.17) is 10.5 Å². The van der Waals surface area contributed by atoms with Crippen molar-refractivity contribution in [3.63, 3.8) is 0 Å². The summed E-state index contributed by atoms with van der Waals surface area (Å²) in [6.07, 6.45) is 10.2. The van der Waals surface area contributed by atoms with E-state index in [-0.39, 0.29) is 0 Å². The van der Waals surface area contributed by atoms with Crippen LogP contribution in [0.1, 0.15) is 37.8 Å². The monoisotopic (exact) mass is 322 g/mol. The van der Waals surface area contributed by atoms with Gasteiger partial charge in [-0.1, -0.05) is 6.42 Å². The molecule has 0 atom stereocenters. The van der Waals surface area contributed by atoms with Gasteiger partial charge in [0, 0.05) is 23.5 Å². The first-order valence-corrected chi connectivity index (χ1v) is 8.57. The van der Waals surface area contributed by atoms with Crippen LogP contribution in [0.15, 0.2) is 36.7 Å². The van der Waals surface area contributed by atoms with Crippen molar-refractivity contribution in [2.45, 2.75) is 45.1 Å². The lowest BCUT2D eigenvalue weighted by atomic mass is 9.97. The molecule has 0 unspecified atom stereocenters. The number of hydrogen-bond donors (Lipinski definition) is 1. The number of anilines is 1. The molecule has 3 heterocycles. The normalized spacial score (nSPS) is 15.7. The number of rotatable bonds is 3. The number of aromatic nitrogens is 3. The van der Waals surface area contributed by atoms with Gasteiger partial charge in [-0.05, 0) is 56.4 Å². The maximum Gasteiger partial charge on any atom is 0.146 e. The van der Waals surface area contributed by atoms with E-state index in [0.29, 0.717) is 11.9 Å². The third-order valence-electron chi connectivity index (χ3n) is 4.64. The van der Waals surface area contributed by atoms with Gasteiger partial charge in [-0.2, -0.15) is 5.10 Å². The van der Waals surface area contributed by atoms with Crippen LogP contribution in [0.4, 0.5) is 5.82 Å². The van der Waals surface area contributed by atoms with Crippen LogP contribution in [0.25, 0.3) is 16.6 Å². The van der Waals surface area contributed by atoms with Gasteiger partial charge in [0.1, 0.15) is 11.6 Å². The van der Waals surface area contributed by atoms with Crippen molar-refractivity contribution in [2.24, 2.45) is 0 Å². The van der Waals surface area contributed by atoms with Gasteiger partial charge in [-0.15, -0.1) is 0 Å². The van der Waals surface area contributed by atoms with E-state index in [0.717, 1.165) is 40.9 Å². The van der Waals surface area contributed by atoms with E-state index in [1.807, 2.05) is 31.5 Å². The topological polar surface area (TPSA) is 65.4 Å². The third kappa shape index (κ3) is 2.94. The summed E-state index contributed by atoms with van der Waals surface area (Å²) in [5, 5.41) is 4.23. The third-order valence-corrected chi connectivity index (χ3v) is 4.64. The van der Waals surface area contributed by atoms with E-state index in [2.05, 4.69) is 22.2 Å². The molecule has 0 amide bonds. The van der Waals surface area contributed by atoms with Crippen LogP contribution in [0.5, 0.6) is 5.75 Å². The first kappa shape index (κ1) is 15.0. The average Bonchev–Trinajstić information content (AvgIpc) is 2.96. The molecule has 0 radical (unpaired) electrons. The van der Waals surface area contributed by atoms with Gasteiger partial charge in [0.2, 0.25) is 0 Å². The van der Waals surface area contributed by atoms with E-state index in [1.165, 1.54) is 19.3 Å². The van der Waals surface area contributed by atoms with Gasteiger partial charge in [0.05, 0.1) is 17.8 Å². The largest absolute Gasteiger partial charge is 0.488 e. The molecule has 2 N–H and O–H groups in total. The summed E-state index contributed by atoms with van der Waals surface area (Å²) < 4.78 is 8.09. The molecule has 3 aromatic rings. The zero-order valence-electron chi connectivity index (χ0n) is 13.9. The number of nitrogens with zero attached hydrogens (tertiary/aromatic N) is 3. The molecule has 3 aromatic heterocycles. The SMILES string of the molecule is Cc1cc(-c2ccn3nc(N)cc3c2)c(OC2CCCCC2)cn1. The van der Waals surface area contributed by atoms with Crippen molar-refractivity contribution in [3.05, 3.63) is 42.4 Å². The standard InChI is InChI=1S/C19H22N4O/c1-13-9-17(14-7-8-23-15(10-14)11-19(20)22-23)18(12-21-13)24-16-5-3-2-4-6-16/h7-12,16H,2-6H2,1H3,(H2,20,22). The van der Waals surface area contributed by atoms with Gasteiger partial charge < -0.3 is 10.5 Å². The number of hydrogen-bond acceptors (Lipinski definition) is 4. The first-order valence-electron chi connectivity index (χ1n) is 8.57. The predicted octanol–water partition coefficient (Wildman–Crippen LogP) is 4.00. The van der Waals surface area contributed by atoms with Crippen molar-refractivity contribution >= 4 is 11.3 Å². The summed E-state index contributed by atoms with van der Waals surface area (Å²) in [6.45, 7) is 2.00. The molecule has 0 spiro atoms. The number of pyridine rings is 2. The molecule has 5 nitrogen and oxygen atoms in total. The Kier molecular flexibility index (Phi) is 3.84. The highest BCUT2D eigenvalue weighted by Crippen LogP contribution is 2.33. The summed E-state index contributed by atoms with van der Waals surface area (Å²) in [6, 6.07) is 8.09. The molecule has 1 aliphatic carbocycles. The summed E-state index contributed by atoms with van der Waals surface area (Å²) >= 11 is 0. The average molecular weight is 322 g/mol. The van der Waals surface area contributed by atoms with Crippen LogP contribution in [-0.2, 0) is 0 Å². The zero-order chi connectivity index (χ0) is 16.5. The fourth-order valence-corrected chi connectivity index (χ4v) is 3.41. The number of fused-ring (bicyclic) bond motifs is 1. The molecule has 24 heavy (non-hydrogen) atoms. The Hall–Kier alpha value is -2.56. The highest BCUT2D eigenvalue weighted by atomic mass is 16.5. The molecule has 1 aliphatic rings. The predicted molar refractivity (Wildman–Crippen MR) is 95.1 cm³/mol. The minimum atomic E-state index is 0.302. The Morgan fingerprint density at radius 3 is 2.83 bits per heavy atom. The fraction of sp³-hybridized carbons (Fsp3) is 0.368. The number of ether oxygens (including phenoxy) is 1. The smallest absolute Gasteiger partial charge is 0.146 e. The lowest BCUT2D eigenvalue weighted by molar-refractivity contribution is 0.155. The quantitative estimate of drug-likeness (QED) is 0.791. The van der Waals surface area contributed by atoms with Gasteiger partial charge in [-0.25, -0.2) is 4.52 Å². The molecule has 1 saturated carbocycles. The maximum atomic E-state index is 6.30. The molecule has 0 bridgehead atoms. The van der Waals surface area contributed by atoms with Crippen molar-refractivity contribution in [1.29, 1.82) is 0 Å². The molecule has 0 aliphatic heterocycles. The molecular formula is C19H22N4O. The van der Waals surface area contributed by atoms with Crippen molar-refractivity contribution in [3.8, 4) is 16.9 Å². The lowest BCUT2D eigenvalue weighted by Crippen LogP contribution is -2.20. The highest BCUT2D eigenvalue weighted by Gasteiger charge is 2.18. The fourth-order valence-electron chi connectivity index (χ4n) is 3.41. The van der Waals surface area contributed by atoms with Crippen molar-refractivity contribution in [1.82, 2.24) is 14.6 Å². The van der Waals surface area contributed by atoms with Crippen molar-refractivity contribution in [2.75, 3.05) is 5.73 Å². The van der Waals surface area contributed by atoms with Crippen LogP contribution in [0, 0.1) is 6.92 Å². The Morgan fingerprint density at radius 1 is 1.17 bits per heavy atom. The van der Waals surface area contributed by atoms with E-state index in [9.17, 15) is 0 Å². The van der Waals surface area contributed by atoms with Gasteiger partial charge in [-0.3, -0.25) is 4.98 Å². The summed E-state index contributed by atoms with van der Waals surface area (Å²) in [5.41, 5.74) is 9.92. The van der Waals surface area contributed by atoms with Gasteiger partial charge >= 0.3 is 0 Å². The van der Waals surface area contributed by atoms with Gasteiger partial charge in [0.25, 0.3) is 0 Å². The molecule has 0 saturated heterocycles. The van der Waals surface area contributed by atoms with E-state index in [1.54, 1.807) is 4.52 Å². The molecule has 124 valence electrons. The zero-order valence-corrected chi connectivity index (χ0v) is 13.9. The minimum Gasteiger partial charge on any atom is -0.488 e. The second-order valence-electron chi connectivity index (χ2n) is 6.55. The number of nitrogens with two attached hydrogens (primary N) is 1. The highest BCUT2D eigenvalue weighted by molar-refractivity contribution is 5.74. The van der Waals surface area contributed by atoms with Gasteiger partial charge in [0.15, 0.2) is 0 Å². The summed E-state index contributed by atoms with van der Waals surface area (Å²) in [5.74, 6) is 1.39. The summed E-state index contributed by atoms with van der Waals surface area (Å²) in [4.78, 5) is 4.43. The van der Waals surface area contributed by atoms with Crippen LogP contribution in [0.2, 0.25) is 0 Å². The van der Waals surface area contributed by atoms with E-state index < -0.39 is 0 Å². The van der Waals surface area contributed by atoms with Crippen LogP contribution in [0.3, 0.4) is 0 Å². The second-order valence-corrected chi connectivity index (χ2v) is 6.55. The molecular weight excluding hydrogens is 300 g/mol. The van der Waals surface area contributed by atoms with Crippen LogP contribution >= 0.6 is 0 Å². The van der Waals surface area contributed by atoms with Crippen LogP contribution in [-0.4, -0.2) is 20.7 Å². The Balaban J connectivity index is 1.72.